The lowest BCUT2D eigenvalue weighted by molar-refractivity contribution is -0.120. The van der Waals surface area contributed by atoms with Crippen LogP contribution in [-0.4, -0.2) is 60.3 Å². The molecular formula is C22H46N2O. The van der Waals surface area contributed by atoms with Crippen molar-refractivity contribution in [1.82, 2.24) is 9.80 Å². The Bertz CT molecular complexity index is 315. The highest BCUT2D eigenvalue weighted by atomic mass is 16.5. The molecule has 0 aromatic rings. The molecule has 2 heterocycles. The molecule has 3 heteroatoms. The Morgan fingerprint density at radius 2 is 0.720 bits per heavy atom. The van der Waals surface area contributed by atoms with Gasteiger partial charge in [-0.3, -0.25) is 4.90 Å². The summed E-state index contributed by atoms with van der Waals surface area (Å²) in [7, 11) is 4.46. The van der Waals surface area contributed by atoms with Crippen LogP contribution in [0.5, 0.6) is 0 Å². The van der Waals surface area contributed by atoms with Gasteiger partial charge in [-0.1, -0.05) is 27.7 Å². The van der Waals surface area contributed by atoms with Crippen LogP contribution in [0.4, 0.5) is 0 Å². The Hall–Kier alpha value is -0.120. The summed E-state index contributed by atoms with van der Waals surface area (Å²) < 4.78 is 5.74. The van der Waals surface area contributed by atoms with Crippen LogP contribution in [0.2, 0.25) is 0 Å². The van der Waals surface area contributed by atoms with Gasteiger partial charge in [-0.2, -0.15) is 0 Å². The number of hydrogen-bond donors (Lipinski definition) is 0. The van der Waals surface area contributed by atoms with Gasteiger partial charge in [0.25, 0.3) is 0 Å². The molecule has 2 fully saturated rings. The molecule has 150 valence electrons. The first kappa shape index (κ1) is 22.9. The molecule has 0 saturated carbocycles. The van der Waals surface area contributed by atoms with Crippen LogP contribution in [0.3, 0.4) is 0 Å². The van der Waals surface area contributed by atoms with Gasteiger partial charge in [0, 0.05) is 24.2 Å². The van der Waals surface area contributed by atoms with E-state index in [9.17, 15) is 0 Å². The molecule has 0 aliphatic carbocycles. The fourth-order valence-corrected chi connectivity index (χ4v) is 4.55. The maximum Gasteiger partial charge on any atom is 0.0703 e. The molecule has 0 aromatic carbocycles. The van der Waals surface area contributed by atoms with E-state index in [0.717, 1.165) is 23.7 Å². The van der Waals surface area contributed by atoms with Gasteiger partial charge in [0.1, 0.15) is 0 Å². The lowest BCUT2D eigenvalue weighted by atomic mass is 9.77. The maximum absolute atomic E-state index is 5.74. The fraction of sp³-hybridized carbons (Fsp3) is 1.00. The van der Waals surface area contributed by atoms with Crippen molar-refractivity contribution in [1.29, 1.82) is 0 Å². The molecule has 0 aromatic heterocycles. The van der Waals surface area contributed by atoms with E-state index in [4.69, 9.17) is 4.74 Å². The minimum Gasteiger partial charge on any atom is -0.372 e. The van der Waals surface area contributed by atoms with Crippen LogP contribution in [0, 0.1) is 23.7 Å². The summed E-state index contributed by atoms with van der Waals surface area (Å²) >= 11 is 0. The monoisotopic (exact) mass is 354 g/mol. The second-order valence-electron chi connectivity index (χ2n) is 9.28. The minimum atomic E-state index is 0.367. The van der Waals surface area contributed by atoms with E-state index >= 15 is 0 Å². The Morgan fingerprint density at radius 1 is 0.440 bits per heavy atom. The highest BCUT2D eigenvalue weighted by Crippen LogP contribution is 2.37. The molecule has 3 nitrogen and oxygen atoms in total. The van der Waals surface area contributed by atoms with E-state index in [2.05, 4.69) is 93.1 Å². The summed E-state index contributed by atoms with van der Waals surface area (Å²) in [5.41, 5.74) is 0. The van der Waals surface area contributed by atoms with Gasteiger partial charge in [-0.15, -0.1) is 0 Å². The number of likely N-dealkylation sites (tertiary alicyclic amines) is 1. The predicted molar refractivity (Wildman–Crippen MR) is 110 cm³/mol. The summed E-state index contributed by atoms with van der Waals surface area (Å²) in [5, 5.41) is 0. The first-order valence-electron chi connectivity index (χ1n) is 10.5. The van der Waals surface area contributed by atoms with Gasteiger partial charge in [0.05, 0.1) is 12.2 Å². The molecule has 25 heavy (non-hydrogen) atoms. The topological polar surface area (TPSA) is 15.7 Å². The standard InChI is InChI=1S/C13H27N.C9H19NO/c1-8-9(2)11(4)13(6)14(7)12(5)10(8)3;1-6-8(3)11-9(4)7(2)10(6)5/h8-13H,1-7H3;6-9H,1-5H3. The molecule has 2 rings (SSSR count). The second-order valence-corrected chi connectivity index (χ2v) is 9.28. The summed E-state index contributed by atoms with van der Waals surface area (Å²) in [6.45, 7) is 23.1. The molecule has 10 unspecified atom stereocenters. The molecule has 2 aliphatic heterocycles. The highest BCUT2D eigenvalue weighted by Gasteiger charge is 2.37. The summed E-state index contributed by atoms with van der Waals surface area (Å²) in [6, 6.07) is 2.52. The van der Waals surface area contributed by atoms with Gasteiger partial charge in [0.2, 0.25) is 0 Å². The summed E-state index contributed by atoms with van der Waals surface area (Å²) in [6.07, 6.45) is 0.734. The molecule has 0 amide bonds. The molecule has 0 spiro atoms. The van der Waals surface area contributed by atoms with Crippen LogP contribution < -0.4 is 0 Å². The Morgan fingerprint density at radius 3 is 1.04 bits per heavy atom. The second kappa shape index (κ2) is 9.19. The Balaban J connectivity index is 0.000000257. The number of ether oxygens (including phenoxy) is 1. The van der Waals surface area contributed by atoms with E-state index in [1.807, 2.05) is 0 Å². The Kier molecular flexibility index (Phi) is 8.43. The third-order valence-corrected chi connectivity index (χ3v) is 8.37. The van der Waals surface area contributed by atoms with Gasteiger partial charge < -0.3 is 9.64 Å². The van der Waals surface area contributed by atoms with Crippen LogP contribution in [0.15, 0.2) is 0 Å². The van der Waals surface area contributed by atoms with Gasteiger partial charge in [-0.25, -0.2) is 0 Å². The average Bonchev–Trinajstić information content (AvgIpc) is 2.63. The van der Waals surface area contributed by atoms with Crippen LogP contribution in [0.1, 0.15) is 69.2 Å². The largest absolute Gasteiger partial charge is 0.372 e. The number of hydrogen-bond acceptors (Lipinski definition) is 3. The Labute approximate surface area is 158 Å². The third kappa shape index (κ3) is 4.99. The zero-order valence-electron chi connectivity index (χ0n) is 19.1. The SMILES string of the molecule is CC1C(C)C(C)C(C)N(C)C(C)C1C.CC1OC(C)C(C)N(C)C1C. The van der Waals surface area contributed by atoms with Crippen molar-refractivity contribution in [2.45, 2.75) is 106 Å². The zero-order chi connectivity index (χ0) is 19.6. The third-order valence-electron chi connectivity index (χ3n) is 8.37. The molecule has 2 aliphatic rings. The van der Waals surface area contributed by atoms with Crippen molar-refractivity contribution >= 4 is 0 Å². The van der Waals surface area contributed by atoms with Crippen LogP contribution >= 0.6 is 0 Å². The lowest BCUT2D eigenvalue weighted by Crippen LogP contribution is -2.55. The predicted octanol–water partition coefficient (Wildman–Crippen LogP) is 4.76. The average molecular weight is 355 g/mol. The molecule has 2 saturated heterocycles. The molecule has 0 radical (unpaired) electrons. The van der Waals surface area contributed by atoms with Gasteiger partial charge in [-0.05, 0) is 79.3 Å². The molecule has 0 N–H and O–H groups in total. The summed E-state index contributed by atoms with van der Waals surface area (Å²) in [4.78, 5) is 4.95. The van der Waals surface area contributed by atoms with E-state index in [1.165, 1.54) is 0 Å². The first-order chi connectivity index (χ1) is 11.4. The number of likely N-dealkylation sites (N-methyl/N-ethyl adjacent to an activating group) is 1. The minimum absolute atomic E-state index is 0.367. The van der Waals surface area contributed by atoms with E-state index < -0.39 is 0 Å². The number of morpholine rings is 1. The summed E-state index contributed by atoms with van der Waals surface area (Å²) in [5.74, 6) is 3.30. The quantitative estimate of drug-likeness (QED) is 0.624. The molecule has 10 atom stereocenters. The fourth-order valence-electron chi connectivity index (χ4n) is 4.55. The zero-order valence-corrected chi connectivity index (χ0v) is 19.1. The van der Waals surface area contributed by atoms with Crippen molar-refractivity contribution < 1.29 is 4.74 Å². The van der Waals surface area contributed by atoms with Crippen molar-refractivity contribution in [3.05, 3.63) is 0 Å². The lowest BCUT2D eigenvalue weighted by Gasteiger charge is -2.43. The first-order valence-corrected chi connectivity index (χ1v) is 10.5. The van der Waals surface area contributed by atoms with Gasteiger partial charge >= 0.3 is 0 Å². The van der Waals surface area contributed by atoms with E-state index in [0.29, 0.717) is 36.4 Å². The highest BCUT2D eigenvalue weighted by molar-refractivity contribution is 4.89. The molecular weight excluding hydrogens is 308 g/mol. The van der Waals surface area contributed by atoms with Crippen molar-refractivity contribution in [3.63, 3.8) is 0 Å². The van der Waals surface area contributed by atoms with Crippen LogP contribution in [-0.2, 0) is 4.74 Å². The van der Waals surface area contributed by atoms with Crippen molar-refractivity contribution in [2.75, 3.05) is 14.1 Å². The number of nitrogens with zero attached hydrogens (tertiary/aromatic N) is 2. The van der Waals surface area contributed by atoms with E-state index in [1.54, 1.807) is 0 Å². The van der Waals surface area contributed by atoms with E-state index in [-0.39, 0.29) is 0 Å². The smallest absolute Gasteiger partial charge is 0.0703 e. The maximum atomic E-state index is 5.74. The van der Waals surface area contributed by atoms with Crippen molar-refractivity contribution in [2.24, 2.45) is 23.7 Å². The molecule has 0 bridgehead atoms. The number of rotatable bonds is 0. The van der Waals surface area contributed by atoms with Gasteiger partial charge in [0.15, 0.2) is 0 Å². The van der Waals surface area contributed by atoms with Crippen molar-refractivity contribution in [3.8, 4) is 0 Å². The van der Waals surface area contributed by atoms with Crippen LogP contribution in [0.25, 0.3) is 0 Å². The normalized spacial score (nSPS) is 49.9.